The van der Waals surface area contributed by atoms with E-state index in [0.717, 1.165) is 5.56 Å². The van der Waals surface area contributed by atoms with E-state index in [0.29, 0.717) is 22.5 Å². The Morgan fingerprint density at radius 1 is 1.25 bits per heavy atom. The minimum Gasteiger partial charge on any atom is -0.396 e. The van der Waals surface area contributed by atoms with Crippen LogP contribution in [0, 0.1) is 0 Å². The summed E-state index contributed by atoms with van der Waals surface area (Å²) >= 11 is 1.17. The normalized spacial score (nSPS) is 10.2. The molecule has 2 amide bonds. The molecule has 0 spiro atoms. The summed E-state index contributed by atoms with van der Waals surface area (Å²) in [5.74, 6) is -0.828. The molecule has 0 unspecified atom stereocenters. The fraction of sp³-hybridized carbons (Fsp3) is 0.143. The maximum Gasteiger partial charge on any atom is 0.265 e. The van der Waals surface area contributed by atoms with Crippen LogP contribution in [-0.2, 0) is 6.42 Å². The molecule has 0 saturated heterocycles. The highest BCUT2D eigenvalue weighted by molar-refractivity contribution is 7.12. The SMILES string of the molecule is NC(=O)c1csc(C(=O)Nc2ccc(CCO)cc2)c1. The van der Waals surface area contributed by atoms with Gasteiger partial charge in [0.1, 0.15) is 0 Å². The molecule has 104 valence electrons. The number of anilines is 1. The molecule has 6 heteroatoms. The number of rotatable bonds is 5. The Bertz CT molecular complexity index is 620. The van der Waals surface area contributed by atoms with Crippen LogP contribution in [0.4, 0.5) is 5.69 Å². The molecular weight excluding hydrogens is 276 g/mol. The zero-order valence-electron chi connectivity index (χ0n) is 10.6. The van der Waals surface area contributed by atoms with Crippen LogP contribution in [0.5, 0.6) is 0 Å². The lowest BCUT2D eigenvalue weighted by atomic mass is 10.1. The van der Waals surface area contributed by atoms with Crippen molar-refractivity contribution >= 4 is 28.8 Å². The van der Waals surface area contributed by atoms with Crippen LogP contribution in [0.3, 0.4) is 0 Å². The highest BCUT2D eigenvalue weighted by atomic mass is 32.1. The molecule has 1 heterocycles. The van der Waals surface area contributed by atoms with Crippen LogP contribution in [0.15, 0.2) is 35.7 Å². The van der Waals surface area contributed by atoms with Crippen molar-refractivity contribution < 1.29 is 14.7 Å². The summed E-state index contributed by atoms with van der Waals surface area (Å²) in [6, 6.07) is 8.70. The number of carbonyl (C=O) groups is 2. The molecule has 1 aromatic carbocycles. The van der Waals surface area contributed by atoms with Crippen LogP contribution < -0.4 is 11.1 Å². The van der Waals surface area contributed by atoms with E-state index >= 15 is 0 Å². The van der Waals surface area contributed by atoms with E-state index in [9.17, 15) is 9.59 Å². The number of primary amides is 1. The lowest BCUT2D eigenvalue weighted by molar-refractivity contribution is 0.100. The first-order chi connectivity index (χ1) is 9.60. The van der Waals surface area contributed by atoms with E-state index in [1.165, 1.54) is 17.4 Å². The first-order valence-electron chi connectivity index (χ1n) is 5.99. The fourth-order valence-corrected chi connectivity index (χ4v) is 2.45. The van der Waals surface area contributed by atoms with Gasteiger partial charge in [-0.2, -0.15) is 0 Å². The van der Waals surface area contributed by atoms with Crippen LogP contribution >= 0.6 is 11.3 Å². The number of nitrogens with one attached hydrogen (secondary N) is 1. The van der Waals surface area contributed by atoms with Crippen molar-refractivity contribution in [2.45, 2.75) is 6.42 Å². The van der Waals surface area contributed by atoms with Crippen molar-refractivity contribution in [1.82, 2.24) is 0 Å². The zero-order chi connectivity index (χ0) is 14.5. The largest absolute Gasteiger partial charge is 0.396 e. The summed E-state index contributed by atoms with van der Waals surface area (Å²) in [6.07, 6.45) is 0.584. The summed E-state index contributed by atoms with van der Waals surface area (Å²) in [5, 5.41) is 13.1. The number of hydrogen-bond donors (Lipinski definition) is 3. The highest BCUT2D eigenvalue weighted by Crippen LogP contribution is 2.17. The van der Waals surface area contributed by atoms with Gasteiger partial charge in [-0.25, -0.2) is 0 Å². The van der Waals surface area contributed by atoms with Gasteiger partial charge < -0.3 is 16.2 Å². The molecule has 0 radical (unpaired) electrons. The molecule has 0 aliphatic carbocycles. The molecule has 0 bridgehead atoms. The van der Waals surface area contributed by atoms with Crippen molar-refractivity contribution in [2.75, 3.05) is 11.9 Å². The van der Waals surface area contributed by atoms with E-state index in [2.05, 4.69) is 5.32 Å². The number of benzene rings is 1. The number of aliphatic hydroxyl groups is 1. The van der Waals surface area contributed by atoms with Crippen molar-refractivity contribution in [3.8, 4) is 0 Å². The topological polar surface area (TPSA) is 92.4 Å². The molecule has 1 aromatic heterocycles. The lowest BCUT2D eigenvalue weighted by Gasteiger charge is -2.04. The van der Waals surface area contributed by atoms with Gasteiger partial charge in [0.2, 0.25) is 5.91 Å². The van der Waals surface area contributed by atoms with E-state index in [1.54, 1.807) is 17.5 Å². The average Bonchev–Trinajstić information content (AvgIpc) is 2.91. The first-order valence-corrected chi connectivity index (χ1v) is 6.87. The van der Waals surface area contributed by atoms with Crippen molar-refractivity contribution in [2.24, 2.45) is 5.73 Å². The minimum absolute atomic E-state index is 0.0940. The minimum atomic E-state index is -0.548. The molecule has 5 nitrogen and oxygen atoms in total. The quantitative estimate of drug-likeness (QED) is 0.781. The fourth-order valence-electron chi connectivity index (χ4n) is 1.66. The maximum atomic E-state index is 12.0. The molecule has 0 atom stereocenters. The smallest absolute Gasteiger partial charge is 0.265 e. The van der Waals surface area contributed by atoms with Gasteiger partial charge in [-0.1, -0.05) is 12.1 Å². The standard InChI is InChI=1S/C14H14N2O3S/c15-13(18)10-7-12(20-8-10)14(19)16-11-3-1-9(2-4-11)5-6-17/h1-4,7-8,17H,5-6H2,(H2,15,18)(H,16,19). The number of hydrogen-bond acceptors (Lipinski definition) is 4. The second-order valence-corrected chi connectivity index (χ2v) is 5.10. The monoisotopic (exact) mass is 290 g/mol. The van der Waals surface area contributed by atoms with Gasteiger partial charge >= 0.3 is 0 Å². The molecule has 0 aliphatic rings. The predicted octanol–water partition coefficient (Wildman–Crippen LogP) is 1.63. The van der Waals surface area contributed by atoms with Gasteiger partial charge in [0, 0.05) is 17.7 Å². The molecule has 0 saturated carbocycles. The highest BCUT2D eigenvalue weighted by Gasteiger charge is 2.11. The van der Waals surface area contributed by atoms with E-state index in [1.807, 2.05) is 12.1 Å². The van der Waals surface area contributed by atoms with E-state index in [4.69, 9.17) is 10.8 Å². The molecule has 2 rings (SSSR count). The summed E-state index contributed by atoms with van der Waals surface area (Å²) in [4.78, 5) is 23.4. The Labute approximate surface area is 120 Å². The number of carbonyl (C=O) groups excluding carboxylic acids is 2. The van der Waals surface area contributed by atoms with E-state index < -0.39 is 5.91 Å². The Hall–Kier alpha value is -2.18. The summed E-state index contributed by atoms with van der Waals surface area (Å²) in [6.45, 7) is 0.0940. The number of nitrogens with two attached hydrogens (primary N) is 1. The Morgan fingerprint density at radius 3 is 2.50 bits per heavy atom. The van der Waals surface area contributed by atoms with Gasteiger partial charge in [0.05, 0.1) is 10.4 Å². The van der Waals surface area contributed by atoms with Gasteiger partial charge in [0.15, 0.2) is 0 Å². The average molecular weight is 290 g/mol. The summed E-state index contributed by atoms with van der Waals surface area (Å²) in [7, 11) is 0. The number of thiophene rings is 1. The third-order valence-corrected chi connectivity index (χ3v) is 3.65. The molecule has 4 N–H and O–H groups in total. The van der Waals surface area contributed by atoms with E-state index in [-0.39, 0.29) is 12.5 Å². The molecule has 0 fully saturated rings. The van der Waals surface area contributed by atoms with Gasteiger partial charge in [0.25, 0.3) is 5.91 Å². The second kappa shape index (κ2) is 6.31. The first kappa shape index (κ1) is 14.2. The summed E-state index contributed by atoms with van der Waals surface area (Å²) < 4.78 is 0. The number of aliphatic hydroxyl groups excluding tert-OH is 1. The molecular formula is C14H14N2O3S. The van der Waals surface area contributed by atoms with Crippen LogP contribution in [0.1, 0.15) is 25.6 Å². The summed E-state index contributed by atoms with van der Waals surface area (Å²) in [5.41, 5.74) is 7.13. The zero-order valence-corrected chi connectivity index (χ0v) is 11.4. The van der Waals surface area contributed by atoms with Crippen LogP contribution in [0.25, 0.3) is 0 Å². The Balaban J connectivity index is 2.04. The third-order valence-electron chi connectivity index (χ3n) is 2.72. The van der Waals surface area contributed by atoms with Crippen molar-refractivity contribution in [1.29, 1.82) is 0 Å². The second-order valence-electron chi connectivity index (χ2n) is 4.19. The van der Waals surface area contributed by atoms with Crippen LogP contribution in [0.2, 0.25) is 0 Å². The Kier molecular flexibility index (Phi) is 4.49. The molecule has 20 heavy (non-hydrogen) atoms. The predicted molar refractivity (Wildman–Crippen MR) is 78.0 cm³/mol. The number of amides is 2. The molecule has 2 aromatic rings. The van der Waals surface area contributed by atoms with Gasteiger partial charge in [-0.05, 0) is 30.2 Å². The van der Waals surface area contributed by atoms with Gasteiger partial charge in [-0.15, -0.1) is 11.3 Å². The van der Waals surface area contributed by atoms with Crippen molar-refractivity contribution in [3.05, 3.63) is 51.7 Å². The Morgan fingerprint density at radius 2 is 1.95 bits per heavy atom. The van der Waals surface area contributed by atoms with Crippen molar-refractivity contribution in [3.63, 3.8) is 0 Å². The van der Waals surface area contributed by atoms with Crippen LogP contribution in [-0.4, -0.2) is 23.5 Å². The maximum absolute atomic E-state index is 12.0. The lowest BCUT2D eigenvalue weighted by Crippen LogP contribution is -2.12. The third kappa shape index (κ3) is 3.43. The molecule has 0 aliphatic heterocycles. The van der Waals surface area contributed by atoms with Gasteiger partial charge in [-0.3, -0.25) is 9.59 Å².